The summed E-state index contributed by atoms with van der Waals surface area (Å²) in [6, 6.07) is 4.67. The third-order valence-corrected chi connectivity index (χ3v) is 8.98. The van der Waals surface area contributed by atoms with Crippen LogP contribution in [0.4, 0.5) is 24.7 Å². The molecule has 4 atom stereocenters. The highest BCUT2D eigenvalue weighted by Gasteiger charge is 2.50. The molecule has 2 aliphatic carbocycles. The summed E-state index contributed by atoms with van der Waals surface area (Å²) < 4.78 is 42.9. The molecule has 0 radical (unpaired) electrons. The Morgan fingerprint density at radius 1 is 1.26 bits per heavy atom. The molecule has 46 heavy (non-hydrogen) atoms. The Balaban J connectivity index is 1.67. The maximum Gasteiger partial charge on any atom is 0.252 e. The summed E-state index contributed by atoms with van der Waals surface area (Å²) in [5.41, 5.74) is -1.37. The van der Waals surface area contributed by atoms with Crippen LogP contribution in [0.25, 0.3) is 0 Å². The van der Waals surface area contributed by atoms with Crippen LogP contribution >= 0.6 is 11.6 Å². The fourth-order valence-corrected chi connectivity index (χ4v) is 6.60. The molecule has 1 saturated heterocycles. The highest BCUT2D eigenvalue weighted by Crippen LogP contribution is 2.41. The zero-order valence-electron chi connectivity index (χ0n) is 25.4. The first-order valence-corrected chi connectivity index (χ1v) is 15.2. The largest absolute Gasteiger partial charge is 0.386 e. The Hall–Kier alpha value is -4.21. The Morgan fingerprint density at radius 3 is 2.61 bits per heavy atom. The first kappa shape index (κ1) is 33.2. The predicted octanol–water partition coefficient (Wildman–Crippen LogP) is 5.08. The van der Waals surface area contributed by atoms with E-state index in [1.807, 2.05) is 6.07 Å². The second-order valence-corrected chi connectivity index (χ2v) is 13.0. The Morgan fingerprint density at radius 2 is 1.98 bits per heavy atom. The van der Waals surface area contributed by atoms with Crippen LogP contribution in [0.5, 0.6) is 0 Å². The molecule has 1 saturated carbocycles. The fourth-order valence-electron chi connectivity index (χ4n) is 6.21. The number of benzene rings is 1. The van der Waals surface area contributed by atoms with Crippen LogP contribution in [0.1, 0.15) is 57.6 Å². The van der Waals surface area contributed by atoms with E-state index in [1.54, 1.807) is 25.2 Å². The lowest BCUT2D eigenvalue weighted by molar-refractivity contribution is -0.134. The van der Waals surface area contributed by atoms with Crippen molar-refractivity contribution in [3.63, 3.8) is 0 Å². The van der Waals surface area contributed by atoms with Crippen LogP contribution in [0.15, 0.2) is 59.8 Å². The number of hydrogen-bond donors (Lipinski definition) is 2. The van der Waals surface area contributed by atoms with E-state index < -0.39 is 77.9 Å². The van der Waals surface area contributed by atoms with E-state index in [-0.39, 0.29) is 40.5 Å². The number of hydrogen-bond acceptors (Lipinski definition) is 6. The minimum atomic E-state index is -2.94. The summed E-state index contributed by atoms with van der Waals surface area (Å²) in [5.74, 6) is -7.08. The van der Waals surface area contributed by atoms with E-state index in [4.69, 9.17) is 11.6 Å². The van der Waals surface area contributed by atoms with Crippen molar-refractivity contribution in [2.75, 3.05) is 9.80 Å². The lowest BCUT2D eigenvalue weighted by Gasteiger charge is -2.43. The van der Waals surface area contributed by atoms with Gasteiger partial charge < -0.3 is 10.4 Å². The number of pyridine rings is 1. The molecule has 9 nitrogen and oxygen atoms in total. The van der Waals surface area contributed by atoms with Crippen molar-refractivity contribution in [1.29, 1.82) is 5.26 Å². The van der Waals surface area contributed by atoms with E-state index in [2.05, 4.69) is 10.3 Å². The monoisotopic (exact) mass is 655 g/mol. The molecule has 3 aliphatic rings. The normalized spacial score (nSPS) is 23.3. The quantitative estimate of drug-likeness (QED) is 0.409. The van der Waals surface area contributed by atoms with E-state index in [0.29, 0.717) is 0 Å². The lowest BCUT2D eigenvalue weighted by Crippen LogP contribution is -2.62. The molecular formula is C33H33ClF3N5O4. The zero-order valence-corrected chi connectivity index (χ0v) is 26.1. The average molecular weight is 656 g/mol. The van der Waals surface area contributed by atoms with Gasteiger partial charge in [-0.3, -0.25) is 24.2 Å². The summed E-state index contributed by atoms with van der Waals surface area (Å²) in [5, 5.41) is 23.1. The summed E-state index contributed by atoms with van der Waals surface area (Å²) in [6.45, 7) is 4.63. The van der Waals surface area contributed by atoms with Gasteiger partial charge in [0.15, 0.2) is 0 Å². The topological polar surface area (TPSA) is 127 Å². The number of anilines is 2. The van der Waals surface area contributed by atoms with Gasteiger partial charge in [0, 0.05) is 48.1 Å². The summed E-state index contributed by atoms with van der Waals surface area (Å²) in [6.07, 6.45) is 5.13. The highest BCUT2D eigenvalue weighted by atomic mass is 35.5. The van der Waals surface area contributed by atoms with Gasteiger partial charge in [0.1, 0.15) is 23.7 Å². The van der Waals surface area contributed by atoms with Gasteiger partial charge in [-0.1, -0.05) is 30.7 Å². The zero-order chi connectivity index (χ0) is 33.6. The van der Waals surface area contributed by atoms with E-state index >= 15 is 4.39 Å². The Labute approximate surface area is 269 Å². The molecule has 2 heterocycles. The average Bonchev–Trinajstić information content (AvgIpc) is 3.35. The SMILES string of the molecule is CC1C=CC=C(Cl)C1C(C(=O)NC1CC(F)(F)C1)N(C(=O)C1CCC(=O)N1c1cc(C#N)ccn1)c1cc(F)cc(C(C)(C)O)c1. The number of amides is 3. The minimum Gasteiger partial charge on any atom is -0.386 e. The van der Waals surface area contributed by atoms with Gasteiger partial charge in [0.25, 0.3) is 11.8 Å². The second kappa shape index (κ2) is 12.5. The van der Waals surface area contributed by atoms with Gasteiger partial charge in [-0.25, -0.2) is 18.2 Å². The molecule has 0 spiro atoms. The van der Waals surface area contributed by atoms with Crippen LogP contribution in [0.2, 0.25) is 0 Å². The Kier molecular flexibility index (Phi) is 9.03. The lowest BCUT2D eigenvalue weighted by atomic mass is 9.81. The standard InChI is InChI=1S/C33H33ClF3N5O4/c1-18-5-4-6-24(34)28(18)29(30(44)40-22-15-33(36,37)16-22)41(23-13-20(32(2,3)46)12-21(35)14-23)31(45)25-7-8-27(43)42(25)26-11-19(17-38)9-10-39-26/h4-6,9-14,18,22,25,28-29,46H,7-8,15-16H2,1-3H3,(H,40,44). The first-order valence-electron chi connectivity index (χ1n) is 14.9. The van der Waals surface area contributed by atoms with Crippen molar-refractivity contribution in [1.82, 2.24) is 10.3 Å². The molecule has 1 aromatic carbocycles. The molecule has 4 unspecified atom stereocenters. The molecule has 2 aromatic rings. The second-order valence-electron chi connectivity index (χ2n) is 12.5. The molecule has 3 amide bonds. The molecular weight excluding hydrogens is 623 g/mol. The van der Waals surface area contributed by atoms with Crippen LogP contribution in [-0.4, -0.2) is 51.9 Å². The molecule has 0 bridgehead atoms. The van der Waals surface area contributed by atoms with Crippen molar-refractivity contribution in [3.05, 3.63) is 76.7 Å². The van der Waals surface area contributed by atoms with Gasteiger partial charge in [-0.15, -0.1) is 0 Å². The van der Waals surface area contributed by atoms with E-state index in [0.717, 1.165) is 21.9 Å². The number of nitrogens with one attached hydrogen (secondary N) is 1. The smallest absolute Gasteiger partial charge is 0.252 e. The van der Waals surface area contributed by atoms with Gasteiger partial charge in [-0.05, 0) is 68.2 Å². The van der Waals surface area contributed by atoms with Crippen LogP contribution in [0.3, 0.4) is 0 Å². The minimum absolute atomic E-state index is 0.00712. The molecule has 13 heteroatoms. The van der Waals surface area contributed by atoms with E-state index in [1.165, 1.54) is 38.2 Å². The van der Waals surface area contributed by atoms with Crippen molar-refractivity contribution in [2.24, 2.45) is 11.8 Å². The predicted molar refractivity (Wildman–Crippen MR) is 164 cm³/mol. The van der Waals surface area contributed by atoms with Crippen molar-refractivity contribution in [2.45, 2.75) is 76.1 Å². The molecule has 5 rings (SSSR count). The number of nitriles is 1. The maximum absolute atomic E-state index is 15.3. The Bertz CT molecular complexity index is 1660. The first-order chi connectivity index (χ1) is 21.6. The van der Waals surface area contributed by atoms with Gasteiger partial charge in [-0.2, -0.15) is 5.26 Å². The number of carbonyl (C=O) groups excluding carboxylic acids is 3. The molecule has 2 N–H and O–H groups in total. The van der Waals surface area contributed by atoms with Gasteiger partial charge >= 0.3 is 0 Å². The van der Waals surface area contributed by atoms with Crippen molar-refractivity contribution >= 4 is 40.8 Å². The number of rotatable bonds is 8. The third-order valence-electron chi connectivity index (χ3n) is 8.60. The van der Waals surface area contributed by atoms with Crippen molar-refractivity contribution in [3.8, 4) is 6.07 Å². The number of aliphatic hydroxyl groups is 1. The third kappa shape index (κ3) is 6.66. The van der Waals surface area contributed by atoms with Crippen molar-refractivity contribution < 1.29 is 32.7 Å². The molecule has 1 aromatic heterocycles. The summed E-state index contributed by atoms with van der Waals surface area (Å²) in [7, 11) is 0. The van der Waals surface area contributed by atoms with E-state index in [9.17, 15) is 33.5 Å². The molecule has 242 valence electrons. The number of allylic oxidation sites excluding steroid dienone is 3. The summed E-state index contributed by atoms with van der Waals surface area (Å²) in [4.78, 5) is 48.7. The highest BCUT2D eigenvalue weighted by molar-refractivity contribution is 6.30. The summed E-state index contributed by atoms with van der Waals surface area (Å²) >= 11 is 6.71. The number of aromatic nitrogens is 1. The number of alkyl halides is 2. The fraction of sp³-hybridized carbons (Fsp3) is 0.424. The number of halogens is 4. The van der Waals surface area contributed by atoms with Gasteiger partial charge in [0.2, 0.25) is 11.8 Å². The maximum atomic E-state index is 15.3. The van der Waals surface area contributed by atoms with Crippen LogP contribution in [0, 0.1) is 29.0 Å². The number of carbonyl (C=O) groups is 3. The van der Waals surface area contributed by atoms with Gasteiger partial charge in [0.05, 0.1) is 17.2 Å². The van der Waals surface area contributed by atoms with Crippen LogP contribution < -0.4 is 15.1 Å². The molecule has 1 aliphatic heterocycles. The van der Waals surface area contributed by atoms with Crippen LogP contribution in [-0.2, 0) is 20.0 Å². The molecule has 2 fully saturated rings. The number of nitrogens with zero attached hydrogens (tertiary/aromatic N) is 4.